The molecule has 0 unspecified atom stereocenters. The highest BCUT2D eigenvalue weighted by Crippen LogP contribution is 2.48. The maximum absolute atomic E-state index is 16.7. The van der Waals surface area contributed by atoms with Crippen molar-refractivity contribution in [3.8, 4) is 0 Å². The van der Waals surface area contributed by atoms with E-state index in [1.54, 1.807) is 6.92 Å². The molecule has 3 aromatic rings. The van der Waals surface area contributed by atoms with Crippen LogP contribution in [0.15, 0.2) is 91.0 Å². The smallest absolute Gasteiger partial charge is 0.408 e. The number of ether oxygens (including phenoxy) is 4. The number of rotatable bonds is 21. The van der Waals surface area contributed by atoms with Crippen LogP contribution in [0.3, 0.4) is 0 Å². The van der Waals surface area contributed by atoms with Crippen molar-refractivity contribution in [2.24, 2.45) is 5.92 Å². The van der Waals surface area contributed by atoms with E-state index in [1.165, 1.54) is 13.8 Å². The molecule has 4 rings (SSSR count). The zero-order valence-electron chi connectivity index (χ0n) is 32.8. The molecule has 2 amide bonds. The molecule has 0 radical (unpaired) electrons. The zero-order chi connectivity index (χ0) is 39.8. The third kappa shape index (κ3) is 12.7. The number of unbranched alkanes of at least 4 members (excludes halogenated alkanes) is 3. The molecule has 3 aromatic carbocycles. The molecule has 1 fully saturated rings. The molecule has 55 heavy (non-hydrogen) atoms. The number of nitrogens with one attached hydrogen (secondary N) is 2. The number of hydrogen-bond acceptors (Lipinski definition) is 7. The fraction of sp³-hybridized carbons (Fsp3) is 0.523. The van der Waals surface area contributed by atoms with Crippen LogP contribution in [0, 0.1) is 5.92 Å². The Bertz CT molecular complexity index is 1610. The van der Waals surface area contributed by atoms with Crippen molar-refractivity contribution in [3.05, 3.63) is 108 Å². The first-order valence-corrected chi connectivity index (χ1v) is 19.5. The predicted octanol–water partition coefficient (Wildman–Crippen LogP) is 8.73. The van der Waals surface area contributed by atoms with Crippen LogP contribution in [-0.4, -0.2) is 59.7 Å². The molecule has 1 aliphatic rings. The Morgan fingerprint density at radius 1 is 0.800 bits per heavy atom. The number of Topliss-reactive ketones (excluding diaryl/α,β-unsaturated/α-hetero) is 1. The van der Waals surface area contributed by atoms with Gasteiger partial charge >= 0.3 is 6.09 Å². The lowest BCUT2D eigenvalue weighted by atomic mass is 9.76. The number of carbonyl (C=O) groups excluding carboxylic acids is 3. The minimum atomic E-state index is -3.27. The Morgan fingerprint density at radius 3 is 1.87 bits per heavy atom. The number of amides is 2. The van der Waals surface area contributed by atoms with Gasteiger partial charge in [0.05, 0.1) is 31.5 Å². The standard InChI is InChI=1S/C44H58F2N2O7/c1-6-38-31(2)39(52-28-34-20-12-9-13-21-34)40(53-29-35-22-14-10-15-23-35)43(5,55-38)44(45,46)27-19-8-7-18-26-37(41(50)47-32(3)33(4)49)48-42(51)54-30-36-24-16-11-17-25-36/h9-17,20-25,31-32,37-40H,6-8,18-19,26-30H2,1-5H3,(H,47,50)(H,48,51)/t31-,32-,37-,38+,39-,40+,43+/m0/s1. The Hall–Kier alpha value is -4.19. The summed E-state index contributed by atoms with van der Waals surface area (Å²) in [5.41, 5.74) is 0.618. The molecule has 1 saturated heterocycles. The summed E-state index contributed by atoms with van der Waals surface area (Å²) in [7, 11) is 0. The summed E-state index contributed by atoms with van der Waals surface area (Å²) in [4.78, 5) is 37.5. The SMILES string of the molecule is CC[C@H]1O[C@@](C)(C(F)(F)CCCCCC[C@H](NC(=O)OCc2ccccc2)C(=O)N[C@@H](C)C(C)=O)[C@H](OCc2ccccc2)[C@@H](OCc2ccccc2)[C@H]1C. The summed E-state index contributed by atoms with van der Waals surface area (Å²) in [6.07, 6.45) is -0.948. The summed E-state index contributed by atoms with van der Waals surface area (Å²) >= 11 is 0. The van der Waals surface area contributed by atoms with Crippen molar-refractivity contribution in [1.29, 1.82) is 0 Å². The van der Waals surface area contributed by atoms with Crippen LogP contribution in [-0.2, 0) is 48.4 Å². The van der Waals surface area contributed by atoms with Gasteiger partial charge in [-0.15, -0.1) is 0 Å². The second-order valence-corrected chi connectivity index (χ2v) is 14.8. The molecule has 0 aromatic heterocycles. The molecule has 1 heterocycles. The Balaban J connectivity index is 1.39. The van der Waals surface area contributed by atoms with E-state index in [0.29, 0.717) is 25.7 Å². The van der Waals surface area contributed by atoms with Crippen molar-refractivity contribution in [2.45, 2.75) is 141 Å². The highest BCUT2D eigenvalue weighted by atomic mass is 19.3. The van der Waals surface area contributed by atoms with Crippen LogP contribution < -0.4 is 10.6 Å². The molecule has 0 spiro atoms. The lowest BCUT2D eigenvalue weighted by Crippen LogP contribution is -2.68. The minimum Gasteiger partial charge on any atom is -0.445 e. The van der Waals surface area contributed by atoms with E-state index in [-0.39, 0.29) is 44.4 Å². The Labute approximate surface area is 324 Å². The number of halogens is 2. The number of ketones is 1. The molecule has 9 nitrogen and oxygen atoms in total. The molecular weight excluding hydrogens is 706 g/mol. The van der Waals surface area contributed by atoms with Crippen molar-refractivity contribution >= 4 is 17.8 Å². The maximum Gasteiger partial charge on any atom is 0.408 e. The second kappa shape index (κ2) is 21.2. The third-order valence-corrected chi connectivity index (χ3v) is 10.6. The van der Waals surface area contributed by atoms with Crippen LogP contribution in [0.2, 0.25) is 0 Å². The van der Waals surface area contributed by atoms with Crippen LogP contribution in [0.25, 0.3) is 0 Å². The van der Waals surface area contributed by atoms with Crippen molar-refractivity contribution in [1.82, 2.24) is 10.6 Å². The lowest BCUT2D eigenvalue weighted by molar-refractivity contribution is -0.332. The fourth-order valence-electron chi connectivity index (χ4n) is 6.95. The number of alkyl carbamates (subject to hydrolysis) is 1. The fourth-order valence-corrected chi connectivity index (χ4v) is 6.95. The predicted molar refractivity (Wildman–Crippen MR) is 207 cm³/mol. The summed E-state index contributed by atoms with van der Waals surface area (Å²) < 4.78 is 58.0. The molecule has 300 valence electrons. The van der Waals surface area contributed by atoms with Crippen LogP contribution in [0.4, 0.5) is 13.6 Å². The molecule has 0 bridgehead atoms. The molecule has 2 N–H and O–H groups in total. The molecular formula is C44H58F2N2O7. The maximum atomic E-state index is 16.7. The second-order valence-electron chi connectivity index (χ2n) is 14.8. The highest BCUT2D eigenvalue weighted by Gasteiger charge is 2.63. The largest absolute Gasteiger partial charge is 0.445 e. The Morgan fingerprint density at radius 2 is 1.33 bits per heavy atom. The molecule has 7 atom stereocenters. The zero-order valence-corrected chi connectivity index (χ0v) is 32.8. The van der Waals surface area contributed by atoms with Gasteiger partial charge in [0.2, 0.25) is 5.91 Å². The van der Waals surface area contributed by atoms with Gasteiger partial charge in [-0.05, 0) is 56.7 Å². The first kappa shape index (κ1) is 43.5. The third-order valence-electron chi connectivity index (χ3n) is 10.6. The van der Waals surface area contributed by atoms with E-state index < -0.39 is 60.3 Å². The lowest BCUT2D eigenvalue weighted by Gasteiger charge is -2.53. The van der Waals surface area contributed by atoms with Crippen molar-refractivity contribution in [2.75, 3.05) is 0 Å². The number of carbonyl (C=O) groups is 3. The number of benzene rings is 3. The molecule has 1 aliphatic heterocycles. The molecule has 0 saturated carbocycles. The van der Waals surface area contributed by atoms with Gasteiger partial charge in [-0.2, -0.15) is 0 Å². The summed E-state index contributed by atoms with van der Waals surface area (Å²) in [5.74, 6) is -4.22. The number of alkyl halides is 2. The topological polar surface area (TPSA) is 112 Å². The van der Waals surface area contributed by atoms with Gasteiger partial charge in [0.15, 0.2) is 11.4 Å². The first-order chi connectivity index (χ1) is 26.3. The van der Waals surface area contributed by atoms with E-state index in [1.807, 2.05) is 105 Å². The van der Waals surface area contributed by atoms with E-state index in [2.05, 4.69) is 10.6 Å². The van der Waals surface area contributed by atoms with Gasteiger partial charge < -0.3 is 29.6 Å². The van der Waals surface area contributed by atoms with E-state index >= 15 is 8.78 Å². The minimum absolute atomic E-state index is 0.0255. The van der Waals surface area contributed by atoms with Crippen LogP contribution in [0.1, 0.15) is 96.3 Å². The van der Waals surface area contributed by atoms with Gasteiger partial charge in [0.1, 0.15) is 18.8 Å². The average molecular weight is 765 g/mol. The quantitative estimate of drug-likeness (QED) is 0.104. The van der Waals surface area contributed by atoms with Crippen molar-refractivity contribution < 1.29 is 42.1 Å². The number of hydrogen-bond donors (Lipinski definition) is 2. The molecule has 0 aliphatic carbocycles. The Kier molecular flexibility index (Phi) is 16.8. The van der Waals surface area contributed by atoms with Gasteiger partial charge in [0, 0.05) is 12.3 Å². The highest BCUT2D eigenvalue weighted by molar-refractivity contribution is 5.90. The van der Waals surface area contributed by atoms with Gasteiger partial charge in [0.25, 0.3) is 5.92 Å². The van der Waals surface area contributed by atoms with Gasteiger partial charge in [-0.25, -0.2) is 13.6 Å². The van der Waals surface area contributed by atoms with Crippen LogP contribution in [0.5, 0.6) is 0 Å². The monoisotopic (exact) mass is 764 g/mol. The normalized spacial score (nSPS) is 22.3. The van der Waals surface area contributed by atoms with E-state index in [4.69, 9.17) is 18.9 Å². The van der Waals surface area contributed by atoms with Crippen LogP contribution >= 0.6 is 0 Å². The first-order valence-electron chi connectivity index (χ1n) is 19.5. The molecule has 11 heteroatoms. The summed E-state index contributed by atoms with van der Waals surface area (Å²) in [6, 6.07) is 26.6. The summed E-state index contributed by atoms with van der Waals surface area (Å²) in [5, 5.41) is 5.25. The van der Waals surface area contributed by atoms with Gasteiger partial charge in [-0.3, -0.25) is 9.59 Å². The van der Waals surface area contributed by atoms with Gasteiger partial charge in [-0.1, -0.05) is 124 Å². The van der Waals surface area contributed by atoms with E-state index in [9.17, 15) is 14.4 Å². The van der Waals surface area contributed by atoms with Crippen molar-refractivity contribution in [3.63, 3.8) is 0 Å². The van der Waals surface area contributed by atoms with E-state index in [0.717, 1.165) is 16.7 Å². The average Bonchev–Trinajstić information content (AvgIpc) is 3.18. The summed E-state index contributed by atoms with van der Waals surface area (Å²) in [6.45, 7) is 8.72.